The molecule has 3 N–H and O–H groups in total. The zero-order valence-electron chi connectivity index (χ0n) is 14.2. The first-order chi connectivity index (χ1) is 12.7. The van der Waals surface area contributed by atoms with Gasteiger partial charge in [-0.05, 0) is 37.1 Å². The van der Waals surface area contributed by atoms with Gasteiger partial charge in [0.05, 0.1) is 11.3 Å². The molecule has 1 amide bonds. The van der Waals surface area contributed by atoms with Crippen molar-refractivity contribution < 1.29 is 13.9 Å². The Hall–Kier alpha value is -2.86. The maximum Gasteiger partial charge on any atom is 0.257 e. The van der Waals surface area contributed by atoms with Crippen LogP contribution in [0.15, 0.2) is 48.7 Å². The first kappa shape index (κ1) is 16.6. The van der Waals surface area contributed by atoms with Crippen molar-refractivity contribution in [1.29, 1.82) is 0 Å². The fourth-order valence-corrected chi connectivity index (χ4v) is 3.22. The number of benzene rings is 2. The van der Waals surface area contributed by atoms with Crippen LogP contribution < -0.4 is 16.0 Å². The van der Waals surface area contributed by atoms with Crippen LogP contribution in [-0.2, 0) is 9.53 Å². The first-order valence-electron chi connectivity index (χ1n) is 8.72. The van der Waals surface area contributed by atoms with E-state index in [1.54, 1.807) is 18.3 Å². The van der Waals surface area contributed by atoms with E-state index in [1.165, 1.54) is 6.07 Å². The maximum absolute atomic E-state index is 14.4. The quantitative estimate of drug-likeness (QED) is 0.731. The van der Waals surface area contributed by atoms with Gasteiger partial charge in [-0.1, -0.05) is 18.2 Å². The summed E-state index contributed by atoms with van der Waals surface area (Å²) < 4.78 is 19.7. The van der Waals surface area contributed by atoms with Crippen molar-refractivity contribution in [3.63, 3.8) is 0 Å². The number of rotatable bonds is 4. The Bertz CT molecular complexity index is 860. The smallest absolute Gasteiger partial charge is 0.257 e. The number of carbonyl (C=O) groups is 1. The zero-order chi connectivity index (χ0) is 17.9. The van der Waals surface area contributed by atoms with E-state index in [9.17, 15) is 9.18 Å². The van der Waals surface area contributed by atoms with E-state index >= 15 is 0 Å². The summed E-state index contributed by atoms with van der Waals surface area (Å²) in [6.07, 6.45) is 3.36. The van der Waals surface area contributed by atoms with Crippen LogP contribution in [0.2, 0.25) is 0 Å². The SMILES string of the molecule is O=C1Nc2ccccc2C1=CNc1ccc(NC2CCOCC2)c(F)c1. The van der Waals surface area contributed by atoms with Gasteiger partial charge >= 0.3 is 0 Å². The molecule has 0 atom stereocenters. The average molecular weight is 353 g/mol. The Morgan fingerprint density at radius 1 is 1.15 bits per heavy atom. The Kier molecular flexibility index (Phi) is 4.58. The van der Waals surface area contributed by atoms with E-state index in [0.717, 1.165) is 24.1 Å². The number of para-hydroxylation sites is 1. The van der Waals surface area contributed by atoms with Crippen LogP contribution in [-0.4, -0.2) is 25.2 Å². The van der Waals surface area contributed by atoms with Gasteiger partial charge in [0.2, 0.25) is 0 Å². The largest absolute Gasteiger partial charge is 0.381 e. The minimum Gasteiger partial charge on any atom is -0.381 e. The highest BCUT2D eigenvalue weighted by atomic mass is 19.1. The van der Waals surface area contributed by atoms with E-state index in [-0.39, 0.29) is 17.8 Å². The summed E-state index contributed by atoms with van der Waals surface area (Å²) >= 11 is 0. The van der Waals surface area contributed by atoms with E-state index in [0.29, 0.717) is 30.2 Å². The number of ether oxygens (including phenoxy) is 1. The number of hydrogen-bond donors (Lipinski definition) is 3. The fraction of sp³-hybridized carbons (Fsp3) is 0.250. The van der Waals surface area contributed by atoms with Crippen molar-refractivity contribution in [2.45, 2.75) is 18.9 Å². The molecule has 26 heavy (non-hydrogen) atoms. The minimum atomic E-state index is -0.323. The average Bonchev–Trinajstić information content (AvgIpc) is 2.98. The summed E-state index contributed by atoms with van der Waals surface area (Å²) in [6, 6.07) is 12.6. The molecule has 5 nitrogen and oxygen atoms in total. The molecule has 6 heteroatoms. The molecule has 2 aliphatic rings. The molecule has 2 heterocycles. The molecular formula is C20H20FN3O2. The number of amides is 1. The van der Waals surface area contributed by atoms with Gasteiger partial charge in [-0.2, -0.15) is 0 Å². The summed E-state index contributed by atoms with van der Waals surface area (Å²) in [5.74, 6) is -0.492. The van der Waals surface area contributed by atoms with Crippen LogP contribution in [0, 0.1) is 5.82 Å². The molecule has 0 aromatic heterocycles. The third kappa shape index (κ3) is 3.41. The monoisotopic (exact) mass is 353 g/mol. The highest BCUT2D eigenvalue weighted by Crippen LogP contribution is 2.31. The third-order valence-corrected chi connectivity index (χ3v) is 4.64. The topological polar surface area (TPSA) is 62.4 Å². The molecule has 2 aromatic carbocycles. The molecule has 0 unspecified atom stereocenters. The molecule has 0 radical (unpaired) electrons. The van der Waals surface area contributed by atoms with Gasteiger partial charge < -0.3 is 20.7 Å². The van der Waals surface area contributed by atoms with Crippen LogP contribution in [0.1, 0.15) is 18.4 Å². The number of hydrogen-bond acceptors (Lipinski definition) is 4. The lowest BCUT2D eigenvalue weighted by atomic mass is 10.1. The summed E-state index contributed by atoms with van der Waals surface area (Å²) in [7, 11) is 0. The molecule has 2 aliphatic heterocycles. The van der Waals surface area contributed by atoms with Crippen molar-refractivity contribution in [1.82, 2.24) is 0 Å². The lowest BCUT2D eigenvalue weighted by Gasteiger charge is -2.24. The van der Waals surface area contributed by atoms with Crippen molar-refractivity contribution in [2.24, 2.45) is 0 Å². The van der Waals surface area contributed by atoms with Crippen LogP contribution >= 0.6 is 0 Å². The Balaban J connectivity index is 1.47. The number of fused-ring (bicyclic) bond motifs is 1. The fourth-order valence-electron chi connectivity index (χ4n) is 3.22. The van der Waals surface area contributed by atoms with Crippen molar-refractivity contribution >= 4 is 28.5 Å². The second kappa shape index (κ2) is 7.17. The van der Waals surface area contributed by atoms with Gasteiger partial charge in [-0.3, -0.25) is 4.79 Å². The van der Waals surface area contributed by atoms with Crippen molar-refractivity contribution in [3.8, 4) is 0 Å². The summed E-state index contributed by atoms with van der Waals surface area (Å²) in [4.78, 5) is 12.1. The van der Waals surface area contributed by atoms with E-state index in [1.807, 2.05) is 24.3 Å². The maximum atomic E-state index is 14.4. The van der Waals surface area contributed by atoms with Gasteiger partial charge in [0.15, 0.2) is 0 Å². The van der Waals surface area contributed by atoms with E-state index in [2.05, 4.69) is 16.0 Å². The third-order valence-electron chi connectivity index (χ3n) is 4.64. The van der Waals surface area contributed by atoms with Crippen LogP contribution in [0.4, 0.5) is 21.5 Å². The van der Waals surface area contributed by atoms with Gasteiger partial charge in [0, 0.05) is 42.4 Å². The molecule has 0 aliphatic carbocycles. The molecular weight excluding hydrogens is 333 g/mol. The second-order valence-corrected chi connectivity index (χ2v) is 6.43. The highest BCUT2D eigenvalue weighted by Gasteiger charge is 2.23. The molecule has 134 valence electrons. The van der Waals surface area contributed by atoms with Crippen LogP contribution in [0.5, 0.6) is 0 Å². The molecule has 4 rings (SSSR count). The Morgan fingerprint density at radius 2 is 1.96 bits per heavy atom. The van der Waals surface area contributed by atoms with E-state index < -0.39 is 0 Å². The Labute approximate surface area is 151 Å². The first-order valence-corrected chi connectivity index (χ1v) is 8.72. The van der Waals surface area contributed by atoms with Gasteiger partial charge in [0.25, 0.3) is 5.91 Å². The van der Waals surface area contributed by atoms with Crippen LogP contribution in [0.25, 0.3) is 5.57 Å². The number of carbonyl (C=O) groups excluding carboxylic acids is 1. The lowest BCUT2D eigenvalue weighted by Crippen LogP contribution is -2.28. The van der Waals surface area contributed by atoms with E-state index in [4.69, 9.17) is 4.74 Å². The normalized spacial score (nSPS) is 18.5. The second-order valence-electron chi connectivity index (χ2n) is 6.43. The Morgan fingerprint density at radius 3 is 2.77 bits per heavy atom. The summed E-state index contributed by atoms with van der Waals surface area (Å²) in [5, 5.41) is 9.06. The number of halogens is 1. The molecule has 0 saturated carbocycles. The molecule has 0 spiro atoms. The highest BCUT2D eigenvalue weighted by molar-refractivity contribution is 6.31. The summed E-state index contributed by atoms with van der Waals surface area (Å²) in [6.45, 7) is 1.41. The van der Waals surface area contributed by atoms with Crippen LogP contribution in [0.3, 0.4) is 0 Å². The van der Waals surface area contributed by atoms with Gasteiger partial charge in [-0.25, -0.2) is 4.39 Å². The van der Waals surface area contributed by atoms with Crippen molar-refractivity contribution in [2.75, 3.05) is 29.2 Å². The van der Waals surface area contributed by atoms with Crippen molar-refractivity contribution in [3.05, 3.63) is 60.0 Å². The predicted molar refractivity (Wildman–Crippen MR) is 101 cm³/mol. The van der Waals surface area contributed by atoms with Gasteiger partial charge in [-0.15, -0.1) is 0 Å². The molecule has 0 bridgehead atoms. The molecule has 1 saturated heterocycles. The number of nitrogens with one attached hydrogen (secondary N) is 3. The minimum absolute atomic E-state index is 0.169. The zero-order valence-corrected chi connectivity index (χ0v) is 14.2. The standard InChI is InChI=1S/C20H20FN3O2/c21-17-11-14(5-6-19(17)23-13-7-9-26-10-8-13)22-12-16-15-3-1-2-4-18(15)24-20(16)25/h1-6,11-13,22-23H,7-10H2,(H,24,25). The molecule has 1 fully saturated rings. The predicted octanol–water partition coefficient (Wildman–Crippen LogP) is 3.82. The number of anilines is 3. The molecule has 2 aromatic rings. The lowest BCUT2D eigenvalue weighted by molar-refractivity contribution is -0.110. The van der Waals surface area contributed by atoms with Gasteiger partial charge in [0.1, 0.15) is 5.82 Å². The summed E-state index contributed by atoms with van der Waals surface area (Å²) in [5.41, 5.74) is 3.23.